The molecule has 2 aromatic rings. The molecule has 0 bridgehead atoms. The van der Waals surface area contributed by atoms with Crippen molar-refractivity contribution in [1.82, 2.24) is 9.97 Å². The molecular formula is C11H13ClN2O2S. The van der Waals surface area contributed by atoms with Gasteiger partial charge in [0.15, 0.2) is 0 Å². The van der Waals surface area contributed by atoms with E-state index in [4.69, 9.17) is 21.4 Å². The van der Waals surface area contributed by atoms with E-state index in [9.17, 15) is 0 Å². The Bertz CT molecular complexity index is 515. The smallest absolute Gasteiger partial charge is 0.227 e. The molecule has 92 valence electrons. The van der Waals surface area contributed by atoms with Crippen molar-refractivity contribution in [3.63, 3.8) is 0 Å². The fraction of sp³-hybridized carbons (Fsp3) is 0.455. The number of fused-ring (bicyclic) bond motifs is 1. The Labute approximate surface area is 108 Å². The molecule has 17 heavy (non-hydrogen) atoms. The van der Waals surface area contributed by atoms with Gasteiger partial charge in [-0.25, -0.2) is 4.98 Å². The van der Waals surface area contributed by atoms with Crippen molar-refractivity contribution in [3.8, 4) is 5.88 Å². The zero-order valence-electron chi connectivity index (χ0n) is 9.44. The van der Waals surface area contributed by atoms with Gasteiger partial charge in [-0.05, 0) is 24.1 Å². The van der Waals surface area contributed by atoms with Crippen LogP contribution in [-0.2, 0) is 6.42 Å². The fourth-order valence-corrected chi connectivity index (χ4v) is 2.61. The van der Waals surface area contributed by atoms with Gasteiger partial charge in [0, 0.05) is 17.9 Å². The number of thiophene rings is 1. The molecule has 0 saturated heterocycles. The van der Waals surface area contributed by atoms with Gasteiger partial charge in [-0.3, -0.25) is 0 Å². The Balaban J connectivity index is 2.34. The summed E-state index contributed by atoms with van der Waals surface area (Å²) in [7, 11) is 0. The lowest BCUT2D eigenvalue weighted by atomic mass is 10.3. The largest absolute Gasteiger partial charge is 0.477 e. The van der Waals surface area contributed by atoms with Crippen molar-refractivity contribution in [2.75, 3.05) is 13.2 Å². The maximum Gasteiger partial charge on any atom is 0.227 e. The van der Waals surface area contributed by atoms with Crippen LogP contribution in [0, 0.1) is 0 Å². The molecule has 0 saturated carbocycles. The molecule has 2 heterocycles. The Morgan fingerprint density at radius 3 is 3.00 bits per heavy atom. The summed E-state index contributed by atoms with van der Waals surface area (Å²) in [5.74, 6) is 0.504. The first-order valence-corrected chi connectivity index (χ1v) is 6.63. The molecule has 0 aliphatic rings. The van der Waals surface area contributed by atoms with Gasteiger partial charge in [0.2, 0.25) is 11.2 Å². The number of nitrogens with zero attached hydrogens (tertiary/aromatic N) is 2. The van der Waals surface area contributed by atoms with E-state index in [-0.39, 0.29) is 11.9 Å². The van der Waals surface area contributed by atoms with Gasteiger partial charge in [-0.15, -0.1) is 11.3 Å². The highest BCUT2D eigenvalue weighted by Gasteiger charge is 2.11. The predicted molar refractivity (Wildman–Crippen MR) is 69.0 cm³/mol. The Morgan fingerprint density at radius 2 is 2.29 bits per heavy atom. The van der Waals surface area contributed by atoms with Crippen LogP contribution in [-0.4, -0.2) is 28.3 Å². The monoisotopic (exact) mass is 272 g/mol. The first kappa shape index (κ1) is 12.5. The molecule has 0 spiro atoms. The van der Waals surface area contributed by atoms with Crippen LogP contribution in [0.5, 0.6) is 5.88 Å². The number of ether oxygens (including phenoxy) is 1. The number of aliphatic hydroxyl groups excluding tert-OH is 1. The van der Waals surface area contributed by atoms with Crippen LogP contribution in [0.1, 0.15) is 18.2 Å². The zero-order chi connectivity index (χ0) is 12.3. The Morgan fingerprint density at radius 1 is 1.47 bits per heavy atom. The van der Waals surface area contributed by atoms with Gasteiger partial charge in [0.25, 0.3) is 0 Å². The molecule has 0 aliphatic carbocycles. The normalized spacial score (nSPS) is 11.0. The van der Waals surface area contributed by atoms with E-state index in [0.29, 0.717) is 18.9 Å². The van der Waals surface area contributed by atoms with E-state index in [2.05, 4.69) is 16.9 Å². The van der Waals surface area contributed by atoms with Gasteiger partial charge in [-0.1, -0.05) is 6.92 Å². The molecule has 0 fully saturated rings. The van der Waals surface area contributed by atoms with Gasteiger partial charge in [0.05, 0.1) is 12.0 Å². The topological polar surface area (TPSA) is 55.2 Å². The molecule has 0 atom stereocenters. The van der Waals surface area contributed by atoms with Crippen LogP contribution in [0.2, 0.25) is 5.28 Å². The molecule has 0 aromatic carbocycles. The quantitative estimate of drug-likeness (QED) is 0.672. The summed E-state index contributed by atoms with van der Waals surface area (Å²) in [6.07, 6.45) is 1.53. The van der Waals surface area contributed by atoms with E-state index in [1.165, 1.54) is 4.88 Å². The summed E-state index contributed by atoms with van der Waals surface area (Å²) < 4.78 is 5.51. The second-order valence-electron chi connectivity index (χ2n) is 3.51. The van der Waals surface area contributed by atoms with Crippen molar-refractivity contribution in [2.24, 2.45) is 0 Å². The van der Waals surface area contributed by atoms with E-state index in [1.807, 2.05) is 6.07 Å². The van der Waals surface area contributed by atoms with Crippen molar-refractivity contribution in [2.45, 2.75) is 19.8 Å². The number of aryl methyl sites for hydroxylation is 1. The van der Waals surface area contributed by atoms with E-state index in [0.717, 1.165) is 16.6 Å². The highest BCUT2D eigenvalue weighted by atomic mass is 35.5. The number of aromatic nitrogens is 2. The summed E-state index contributed by atoms with van der Waals surface area (Å²) >= 11 is 7.44. The SMILES string of the molecule is CCc1cc2c(OCCCO)nc(Cl)nc2s1. The predicted octanol–water partition coefficient (Wildman–Crippen LogP) is 2.67. The maximum atomic E-state index is 8.72. The molecule has 2 aromatic heterocycles. The molecule has 0 amide bonds. The third-order valence-electron chi connectivity index (χ3n) is 2.27. The van der Waals surface area contributed by atoms with E-state index < -0.39 is 0 Å². The van der Waals surface area contributed by atoms with Crippen molar-refractivity contribution in [3.05, 3.63) is 16.2 Å². The van der Waals surface area contributed by atoms with Crippen LogP contribution in [0.3, 0.4) is 0 Å². The molecule has 2 rings (SSSR count). The molecule has 6 heteroatoms. The highest BCUT2D eigenvalue weighted by Crippen LogP contribution is 2.31. The van der Waals surface area contributed by atoms with Crippen LogP contribution in [0.25, 0.3) is 10.2 Å². The lowest BCUT2D eigenvalue weighted by molar-refractivity contribution is 0.231. The van der Waals surface area contributed by atoms with Gasteiger partial charge >= 0.3 is 0 Å². The third kappa shape index (κ3) is 2.86. The van der Waals surface area contributed by atoms with Gasteiger partial charge < -0.3 is 9.84 Å². The Hall–Kier alpha value is -0.910. The summed E-state index contributed by atoms with van der Waals surface area (Å²) in [6.45, 7) is 2.62. The maximum absolute atomic E-state index is 8.72. The second-order valence-corrected chi connectivity index (χ2v) is 4.96. The molecular weight excluding hydrogens is 260 g/mol. The summed E-state index contributed by atoms with van der Waals surface area (Å²) in [5, 5.41) is 9.81. The number of hydrogen-bond donors (Lipinski definition) is 1. The number of hydrogen-bond acceptors (Lipinski definition) is 5. The molecule has 4 nitrogen and oxygen atoms in total. The van der Waals surface area contributed by atoms with Crippen LogP contribution < -0.4 is 4.74 Å². The third-order valence-corrected chi connectivity index (χ3v) is 3.61. The summed E-state index contributed by atoms with van der Waals surface area (Å²) in [4.78, 5) is 10.3. The lowest BCUT2D eigenvalue weighted by Gasteiger charge is -2.04. The average molecular weight is 273 g/mol. The number of halogens is 1. The highest BCUT2D eigenvalue weighted by molar-refractivity contribution is 7.18. The first-order chi connectivity index (χ1) is 8.24. The van der Waals surface area contributed by atoms with Crippen molar-refractivity contribution in [1.29, 1.82) is 0 Å². The summed E-state index contributed by atoms with van der Waals surface area (Å²) in [5.41, 5.74) is 0. The number of rotatable bonds is 5. The first-order valence-electron chi connectivity index (χ1n) is 5.44. The summed E-state index contributed by atoms with van der Waals surface area (Å²) in [6, 6.07) is 2.03. The van der Waals surface area contributed by atoms with Crippen LogP contribution >= 0.6 is 22.9 Å². The van der Waals surface area contributed by atoms with Crippen LogP contribution in [0.4, 0.5) is 0 Å². The van der Waals surface area contributed by atoms with E-state index >= 15 is 0 Å². The van der Waals surface area contributed by atoms with Crippen LogP contribution in [0.15, 0.2) is 6.07 Å². The van der Waals surface area contributed by atoms with Gasteiger partial charge in [-0.2, -0.15) is 4.98 Å². The average Bonchev–Trinajstić information content (AvgIpc) is 2.72. The molecule has 0 unspecified atom stereocenters. The molecule has 0 aliphatic heterocycles. The fourth-order valence-electron chi connectivity index (χ4n) is 1.44. The molecule has 0 radical (unpaired) electrons. The zero-order valence-corrected chi connectivity index (χ0v) is 11.0. The van der Waals surface area contributed by atoms with Crippen molar-refractivity contribution >= 4 is 33.2 Å². The lowest BCUT2D eigenvalue weighted by Crippen LogP contribution is -2.02. The Kier molecular flexibility index (Phi) is 4.15. The minimum absolute atomic E-state index is 0.103. The molecule has 1 N–H and O–H groups in total. The number of aliphatic hydroxyl groups is 1. The minimum Gasteiger partial charge on any atom is -0.477 e. The van der Waals surface area contributed by atoms with Crippen molar-refractivity contribution < 1.29 is 9.84 Å². The van der Waals surface area contributed by atoms with E-state index in [1.54, 1.807) is 11.3 Å². The van der Waals surface area contributed by atoms with Gasteiger partial charge in [0.1, 0.15) is 4.83 Å². The standard InChI is InChI=1S/C11H13ClN2O2S/c1-2-7-6-8-9(16-5-3-4-15)13-11(12)14-10(8)17-7/h6,15H,2-5H2,1H3. The minimum atomic E-state index is 0.103. The second kappa shape index (κ2) is 5.62.